The fraction of sp³-hybridized carbons (Fsp3) is 0.200. The van der Waals surface area contributed by atoms with Crippen molar-refractivity contribution >= 4 is 16.0 Å². The molecule has 7 nitrogen and oxygen atoms in total. The second kappa shape index (κ2) is 4.41. The van der Waals surface area contributed by atoms with E-state index in [2.05, 4.69) is 5.10 Å². The van der Waals surface area contributed by atoms with Crippen molar-refractivity contribution in [1.82, 2.24) is 9.78 Å². The molecule has 1 rings (SSSR count). The predicted molar refractivity (Wildman–Crippen MR) is 42.7 cm³/mol. The van der Waals surface area contributed by atoms with Crippen LogP contribution in [0.2, 0.25) is 0 Å². The van der Waals surface area contributed by atoms with E-state index in [1.54, 1.807) is 0 Å². The quantitative estimate of drug-likeness (QED) is 0.500. The van der Waals surface area contributed by atoms with Crippen molar-refractivity contribution in [1.29, 1.82) is 0 Å². The Balaban J connectivity index is 0. The Morgan fingerprint density at radius 1 is 1.71 bits per heavy atom. The first-order chi connectivity index (χ1) is 5.82. The number of hydrogen-bond donors (Lipinski definition) is 2. The number of aromatic carboxylic acids is 1. The Labute approximate surface area is 104 Å². The molecule has 0 aliphatic heterocycles. The number of aromatic nitrogens is 2. The number of nitrogens with two attached hydrogens (primary N) is 1. The van der Waals surface area contributed by atoms with Crippen LogP contribution in [0.4, 0.5) is 0 Å². The minimum Gasteiger partial charge on any atom is -1.00 e. The molecule has 0 unspecified atom stereocenters. The van der Waals surface area contributed by atoms with Crippen LogP contribution in [-0.4, -0.2) is 29.3 Å². The first-order valence-electron chi connectivity index (χ1n) is 3.12. The summed E-state index contributed by atoms with van der Waals surface area (Å²) in [6.07, 6.45) is 0. The smallest absolute Gasteiger partial charge is 1.00 e. The van der Waals surface area contributed by atoms with Crippen LogP contribution < -0.4 is 34.7 Å². The molecule has 0 radical (unpaired) electrons. The van der Waals surface area contributed by atoms with Gasteiger partial charge in [0, 0.05) is 13.1 Å². The molecule has 9 heteroatoms. The van der Waals surface area contributed by atoms with Gasteiger partial charge in [0.2, 0.25) is 0 Å². The molecule has 0 aromatic carbocycles. The molecular weight excluding hydrogens is 221 g/mol. The molecule has 0 fully saturated rings. The number of carboxylic acids is 1. The Morgan fingerprint density at radius 2 is 2.21 bits per heavy atom. The summed E-state index contributed by atoms with van der Waals surface area (Å²) in [4.78, 5) is 10.5. The molecule has 1 aromatic rings. The third-order valence-electron chi connectivity index (χ3n) is 1.37. The molecule has 1 heterocycles. The van der Waals surface area contributed by atoms with Gasteiger partial charge in [-0.3, -0.25) is 4.68 Å². The number of carbonyl (C=O) groups is 1. The number of sulfonamides is 1. The van der Waals surface area contributed by atoms with E-state index in [4.69, 9.17) is 10.2 Å². The van der Waals surface area contributed by atoms with Gasteiger partial charge in [-0.05, 0) is 0 Å². The summed E-state index contributed by atoms with van der Waals surface area (Å²) in [6, 6.07) is 0.900. The van der Waals surface area contributed by atoms with E-state index in [0.717, 1.165) is 10.7 Å². The van der Waals surface area contributed by atoms with E-state index in [0.29, 0.717) is 0 Å². The largest absolute Gasteiger partial charge is 1.00 e. The minimum atomic E-state index is -3.93. The van der Waals surface area contributed by atoms with Gasteiger partial charge in [-0.2, -0.15) is 5.10 Å². The molecule has 0 amide bonds. The summed E-state index contributed by atoms with van der Waals surface area (Å²) in [5, 5.41) is 16.3. The zero-order valence-electron chi connectivity index (χ0n) is 8.63. The SMILES string of the molecule is Cn1nc(S(N)(=O)=O)cc1C(=O)O.[H-].[Na+]. The average Bonchev–Trinajstić information content (AvgIpc) is 2.29. The van der Waals surface area contributed by atoms with Gasteiger partial charge in [0.25, 0.3) is 10.0 Å². The van der Waals surface area contributed by atoms with E-state index in [1.165, 1.54) is 7.05 Å². The van der Waals surface area contributed by atoms with Crippen molar-refractivity contribution < 1.29 is 49.3 Å². The van der Waals surface area contributed by atoms with Gasteiger partial charge in [-0.15, -0.1) is 0 Å². The van der Waals surface area contributed by atoms with Crippen molar-refractivity contribution in [3.05, 3.63) is 11.8 Å². The molecular formula is C5H8N3NaO4S. The van der Waals surface area contributed by atoms with Crippen LogP contribution in [-0.2, 0) is 17.1 Å². The van der Waals surface area contributed by atoms with Crippen LogP contribution >= 0.6 is 0 Å². The van der Waals surface area contributed by atoms with Crippen LogP contribution in [0, 0.1) is 0 Å². The summed E-state index contributed by atoms with van der Waals surface area (Å²) in [5.41, 5.74) is -0.232. The maximum absolute atomic E-state index is 10.7. The summed E-state index contributed by atoms with van der Waals surface area (Å²) < 4.78 is 22.4. The Bertz CT molecular complexity index is 457. The Morgan fingerprint density at radius 3 is 2.43 bits per heavy atom. The number of hydrogen-bond acceptors (Lipinski definition) is 4. The normalized spacial score (nSPS) is 10.7. The number of rotatable bonds is 2. The fourth-order valence-electron chi connectivity index (χ4n) is 0.780. The van der Waals surface area contributed by atoms with Gasteiger partial charge >= 0.3 is 35.5 Å². The molecule has 3 N–H and O–H groups in total. The molecule has 0 saturated heterocycles. The number of carboxylic acid groups (broad SMARTS) is 1. The molecule has 0 aliphatic carbocycles. The van der Waals surface area contributed by atoms with Gasteiger partial charge in [-0.25, -0.2) is 18.4 Å². The molecule has 0 bridgehead atoms. The standard InChI is InChI=1S/C5H7N3O4S.Na.H/c1-8-3(5(9)10)2-4(7-8)13(6,11)12;;/h2H,1H3,(H,9,10)(H2,6,11,12);;/q;+1;-1. The van der Waals surface area contributed by atoms with Crippen LogP contribution in [0.25, 0.3) is 0 Å². The second-order valence-corrected chi connectivity index (χ2v) is 3.85. The monoisotopic (exact) mass is 229 g/mol. The zero-order valence-corrected chi connectivity index (χ0v) is 10.4. The maximum Gasteiger partial charge on any atom is 1.00 e. The van der Waals surface area contributed by atoms with E-state index in [1.807, 2.05) is 0 Å². The van der Waals surface area contributed by atoms with E-state index in [9.17, 15) is 13.2 Å². The second-order valence-electron chi connectivity index (χ2n) is 2.34. The molecule has 0 spiro atoms. The van der Waals surface area contributed by atoms with Gasteiger partial charge in [0.15, 0.2) is 5.03 Å². The van der Waals surface area contributed by atoms with Crippen molar-refractivity contribution in [3.8, 4) is 0 Å². The summed E-state index contributed by atoms with van der Waals surface area (Å²) in [7, 11) is -2.62. The first-order valence-corrected chi connectivity index (χ1v) is 4.67. The third-order valence-corrected chi connectivity index (χ3v) is 2.15. The Hall–Kier alpha value is -0.410. The van der Waals surface area contributed by atoms with Crippen molar-refractivity contribution in [2.45, 2.75) is 5.03 Å². The minimum absolute atomic E-state index is 0. The number of aryl methyl sites for hydroxylation is 1. The van der Waals surface area contributed by atoms with Crippen LogP contribution in [0.3, 0.4) is 0 Å². The van der Waals surface area contributed by atoms with Gasteiger partial charge in [0.1, 0.15) is 5.69 Å². The fourth-order valence-corrected chi connectivity index (χ4v) is 1.29. The molecule has 14 heavy (non-hydrogen) atoms. The average molecular weight is 229 g/mol. The van der Waals surface area contributed by atoms with E-state index >= 15 is 0 Å². The van der Waals surface area contributed by atoms with E-state index < -0.39 is 21.0 Å². The maximum atomic E-state index is 10.7. The number of primary sulfonamides is 1. The molecule has 0 saturated carbocycles. The molecule has 0 atom stereocenters. The van der Waals surface area contributed by atoms with Crippen LogP contribution in [0.1, 0.15) is 11.9 Å². The van der Waals surface area contributed by atoms with Gasteiger partial charge in [-0.1, -0.05) is 0 Å². The Kier molecular flexibility index (Phi) is 4.28. The molecule has 0 aliphatic rings. The van der Waals surface area contributed by atoms with Crippen molar-refractivity contribution in [2.75, 3.05) is 0 Å². The summed E-state index contributed by atoms with van der Waals surface area (Å²) >= 11 is 0. The predicted octanol–water partition coefficient (Wildman–Crippen LogP) is -4.12. The molecule has 1 aromatic heterocycles. The van der Waals surface area contributed by atoms with Gasteiger partial charge < -0.3 is 6.53 Å². The van der Waals surface area contributed by atoms with Crippen LogP contribution in [0.5, 0.6) is 0 Å². The third kappa shape index (κ3) is 2.79. The molecule has 74 valence electrons. The van der Waals surface area contributed by atoms with E-state index in [-0.39, 0.29) is 36.7 Å². The van der Waals surface area contributed by atoms with Crippen molar-refractivity contribution in [2.24, 2.45) is 12.2 Å². The summed E-state index contributed by atoms with van der Waals surface area (Å²) in [5.74, 6) is -1.26. The topological polar surface area (TPSA) is 115 Å². The number of nitrogens with zero attached hydrogens (tertiary/aromatic N) is 2. The summed E-state index contributed by atoms with van der Waals surface area (Å²) in [6.45, 7) is 0. The zero-order chi connectivity index (χ0) is 10.2. The first kappa shape index (κ1) is 13.6. The van der Waals surface area contributed by atoms with Crippen LogP contribution in [0.15, 0.2) is 11.1 Å². The van der Waals surface area contributed by atoms with Crippen molar-refractivity contribution in [3.63, 3.8) is 0 Å². The van der Waals surface area contributed by atoms with Gasteiger partial charge in [0.05, 0.1) is 0 Å².